The van der Waals surface area contributed by atoms with Crippen molar-refractivity contribution in [2.45, 2.75) is 38.6 Å². The van der Waals surface area contributed by atoms with Gasteiger partial charge in [0.05, 0.1) is 6.26 Å². The highest BCUT2D eigenvalue weighted by molar-refractivity contribution is 7.88. The standard InChI is InChI=1S/C10H20N2O3S/c1-9(13)12(10-5-3-4-6-10)8-7-11-16(2,14)15/h10-11H,3-8H2,1-2H3. The summed E-state index contributed by atoms with van der Waals surface area (Å²) in [5.41, 5.74) is 0. The van der Waals surface area contributed by atoms with E-state index in [-0.39, 0.29) is 5.91 Å². The van der Waals surface area contributed by atoms with Crippen LogP contribution in [0.4, 0.5) is 0 Å². The van der Waals surface area contributed by atoms with Gasteiger partial charge in [-0.2, -0.15) is 0 Å². The van der Waals surface area contributed by atoms with Gasteiger partial charge in [-0.3, -0.25) is 4.79 Å². The van der Waals surface area contributed by atoms with Crippen LogP contribution < -0.4 is 4.72 Å². The van der Waals surface area contributed by atoms with E-state index < -0.39 is 10.0 Å². The summed E-state index contributed by atoms with van der Waals surface area (Å²) in [7, 11) is -3.16. The van der Waals surface area contributed by atoms with E-state index >= 15 is 0 Å². The molecule has 6 heteroatoms. The van der Waals surface area contributed by atoms with Crippen LogP contribution in [0.5, 0.6) is 0 Å². The maximum atomic E-state index is 11.4. The molecule has 1 rings (SSSR count). The zero-order valence-electron chi connectivity index (χ0n) is 9.90. The number of sulfonamides is 1. The fourth-order valence-electron chi connectivity index (χ4n) is 2.16. The van der Waals surface area contributed by atoms with Crippen LogP contribution >= 0.6 is 0 Å². The van der Waals surface area contributed by atoms with E-state index in [9.17, 15) is 13.2 Å². The van der Waals surface area contributed by atoms with E-state index in [1.54, 1.807) is 11.8 Å². The first kappa shape index (κ1) is 13.4. The first-order valence-corrected chi connectivity index (χ1v) is 7.51. The third kappa shape index (κ3) is 4.49. The number of rotatable bonds is 5. The zero-order chi connectivity index (χ0) is 12.2. The van der Waals surface area contributed by atoms with Crippen molar-refractivity contribution >= 4 is 15.9 Å². The van der Waals surface area contributed by atoms with Gasteiger partial charge < -0.3 is 4.90 Å². The van der Waals surface area contributed by atoms with Gasteiger partial charge >= 0.3 is 0 Å². The summed E-state index contributed by atoms with van der Waals surface area (Å²) in [6.45, 7) is 2.31. The SMILES string of the molecule is CC(=O)N(CCNS(C)(=O)=O)C1CCCC1. The van der Waals surface area contributed by atoms with Crippen molar-refractivity contribution in [2.75, 3.05) is 19.3 Å². The van der Waals surface area contributed by atoms with Crippen molar-refractivity contribution in [3.63, 3.8) is 0 Å². The minimum atomic E-state index is -3.16. The molecule has 1 aliphatic rings. The zero-order valence-corrected chi connectivity index (χ0v) is 10.7. The molecule has 0 radical (unpaired) electrons. The Morgan fingerprint density at radius 1 is 1.38 bits per heavy atom. The van der Waals surface area contributed by atoms with Crippen LogP contribution in [0.2, 0.25) is 0 Å². The van der Waals surface area contributed by atoms with Crippen LogP contribution in [0.3, 0.4) is 0 Å². The second-order valence-corrected chi connectivity index (χ2v) is 6.15. The van der Waals surface area contributed by atoms with E-state index in [2.05, 4.69) is 4.72 Å². The third-order valence-electron chi connectivity index (χ3n) is 2.89. The van der Waals surface area contributed by atoms with E-state index in [0.29, 0.717) is 19.1 Å². The Kier molecular flexibility index (Phi) is 4.73. The minimum absolute atomic E-state index is 0.0298. The molecule has 1 saturated carbocycles. The summed E-state index contributed by atoms with van der Waals surface area (Å²) in [6, 6.07) is 0.305. The fourth-order valence-corrected chi connectivity index (χ4v) is 2.63. The maximum absolute atomic E-state index is 11.4. The van der Waals surface area contributed by atoms with Gasteiger partial charge in [-0.1, -0.05) is 12.8 Å². The van der Waals surface area contributed by atoms with Crippen molar-refractivity contribution in [3.05, 3.63) is 0 Å². The van der Waals surface area contributed by atoms with Crippen molar-refractivity contribution in [1.82, 2.24) is 9.62 Å². The predicted molar refractivity (Wildman–Crippen MR) is 62.5 cm³/mol. The monoisotopic (exact) mass is 248 g/mol. The summed E-state index contributed by atoms with van der Waals surface area (Å²) in [5.74, 6) is 0.0298. The number of carbonyl (C=O) groups is 1. The highest BCUT2D eigenvalue weighted by Crippen LogP contribution is 2.23. The fraction of sp³-hybridized carbons (Fsp3) is 0.900. The first-order valence-electron chi connectivity index (χ1n) is 5.62. The summed E-state index contributed by atoms with van der Waals surface area (Å²) < 4.78 is 24.2. The smallest absolute Gasteiger partial charge is 0.219 e. The van der Waals surface area contributed by atoms with Gasteiger partial charge in [0.25, 0.3) is 0 Å². The Bertz CT molecular complexity index is 334. The largest absolute Gasteiger partial charge is 0.339 e. The quantitative estimate of drug-likeness (QED) is 0.762. The summed E-state index contributed by atoms with van der Waals surface area (Å²) in [5, 5.41) is 0. The molecule has 0 bridgehead atoms. The molecule has 1 N–H and O–H groups in total. The summed E-state index contributed by atoms with van der Waals surface area (Å²) >= 11 is 0. The number of amides is 1. The molecular weight excluding hydrogens is 228 g/mol. The number of carbonyl (C=O) groups excluding carboxylic acids is 1. The second-order valence-electron chi connectivity index (χ2n) is 4.32. The summed E-state index contributed by atoms with van der Waals surface area (Å²) in [6.07, 6.45) is 5.53. The molecule has 0 heterocycles. The Morgan fingerprint density at radius 3 is 2.38 bits per heavy atom. The topological polar surface area (TPSA) is 66.5 Å². The Balaban J connectivity index is 2.42. The molecule has 5 nitrogen and oxygen atoms in total. The predicted octanol–water partition coefficient (Wildman–Crippen LogP) is 0.327. The number of nitrogens with one attached hydrogen (secondary N) is 1. The Labute approximate surface area is 97.2 Å². The lowest BCUT2D eigenvalue weighted by Gasteiger charge is -2.27. The van der Waals surface area contributed by atoms with Crippen molar-refractivity contribution in [1.29, 1.82) is 0 Å². The molecular formula is C10H20N2O3S. The van der Waals surface area contributed by atoms with Crippen LogP contribution in [0.1, 0.15) is 32.6 Å². The average Bonchev–Trinajstić information content (AvgIpc) is 2.62. The molecule has 0 atom stereocenters. The van der Waals surface area contributed by atoms with Crippen LogP contribution in [0.25, 0.3) is 0 Å². The van der Waals surface area contributed by atoms with Crippen LogP contribution in [-0.4, -0.2) is 44.6 Å². The van der Waals surface area contributed by atoms with Crippen LogP contribution in [0.15, 0.2) is 0 Å². The van der Waals surface area contributed by atoms with Gasteiger partial charge in [-0.25, -0.2) is 13.1 Å². The van der Waals surface area contributed by atoms with Gasteiger partial charge in [-0.15, -0.1) is 0 Å². The molecule has 0 aromatic rings. The average molecular weight is 248 g/mol. The minimum Gasteiger partial charge on any atom is -0.339 e. The molecule has 0 saturated heterocycles. The third-order valence-corrected chi connectivity index (χ3v) is 3.62. The molecule has 0 unspecified atom stereocenters. The first-order chi connectivity index (χ1) is 7.40. The van der Waals surface area contributed by atoms with Crippen molar-refractivity contribution in [2.24, 2.45) is 0 Å². The molecule has 0 aliphatic heterocycles. The highest BCUT2D eigenvalue weighted by atomic mass is 32.2. The van der Waals surface area contributed by atoms with Crippen LogP contribution in [0, 0.1) is 0 Å². The van der Waals surface area contributed by atoms with Gasteiger partial charge in [-0.05, 0) is 12.8 Å². The molecule has 0 spiro atoms. The molecule has 94 valence electrons. The van der Waals surface area contributed by atoms with Gasteiger partial charge in [0, 0.05) is 26.1 Å². The van der Waals surface area contributed by atoms with E-state index in [1.165, 1.54) is 0 Å². The highest BCUT2D eigenvalue weighted by Gasteiger charge is 2.24. The van der Waals surface area contributed by atoms with Crippen LogP contribution in [-0.2, 0) is 14.8 Å². The molecule has 0 aromatic heterocycles. The van der Waals surface area contributed by atoms with Gasteiger partial charge in [0.2, 0.25) is 15.9 Å². The second kappa shape index (κ2) is 5.63. The maximum Gasteiger partial charge on any atom is 0.219 e. The normalized spacial score (nSPS) is 17.6. The summed E-state index contributed by atoms with van der Waals surface area (Å²) in [4.78, 5) is 13.2. The van der Waals surface area contributed by atoms with Crippen molar-refractivity contribution in [3.8, 4) is 0 Å². The molecule has 1 amide bonds. The number of nitrogens with zero attached hydrogens (tertiary/aromatic N) is 1. The van der Waals surface area contributed by atoms with E-state index in [0.717, 1.165) is 31.9 Å². The lowest BCUT2D eigenvalue weighted by molar-refractivity contribution is -0.130. The molecule has 16 heavy (non-hydrogen) atoms. The van der Waals surface area contributed by atoms with E-state index in [1.807, 2.05) is 0 Å². The lowest BCUT2D eigenvalue weighted by Crippen LogP contribution is -2.42. The van der Waals surface area contributed by atoms with Crippen molar-refractivity contribution < 1.29 is 13.2 Å². The van der Waals surface area contributed by atoms with E-state index in [4.69, 9.17) is 0 Å². The Morgan fingerprint density at radius 2 is 1.94 bits per heavy atom. The lowest BCUT2D eigenvalue weighted by atomic mass is 10.2. The molecule has 0 aromatic carbocycles. The number of hydrogen-bond donors (Lipinski definition) is 1. The Hall–Kier alpha value is -0.620. The number of hydrogen-bond acceptors (Lipinski definition) is 3. The molecule has 1 aliphatic carbocycles. The molecule has 1 fully saturated rings. The van der Waals surface area contributed by atoms with Gasteiger partial charge in [0.15, 0.2) is 0 Å². The van der Waals surface area contributed by atoms with Gasteiger partial charge in [0.1, 0.15) is 0 Å².